The first-order valence-electron chi connectivity index (χ1n) is 3.46. The largest absolute Gasteiger partial charge is 0.511 e. The minimum Gasteiger partial charge on any atom is -0.445 e. The Morgan fingerprint density at radius 3 is 2.36 bits per heavy atom. The molecule has 0 radical (unpaired) electrons. The second-order valence-electron chi connectivity index (χ2n) is 2.54. The molecule has 0 bridgehead atoms. The van der Waals surface area contributed by atoms with Crippen molar-refractivity contribution < 1.29 is 17.9 Å². The molecule has 0 aliphatic carbocycles. The van der Waals surface area contributed by atoms with Gasteiger partial charge in [-0.05, 0) is 12.1 Å². The van der Waals surface area contributed by atoms with Crippen LogP contribution in [0.15, 0.2) is 18.2 Å². The van der Waals surface area contributed by atoms with Gasteiger partial charge in [0.2, 0.25) is 0 Å². The van der Waals surface area contributed by atoms with E-state index in [1.165, 1.54) is 0 Å². The fraction of sp³-hybridized carbons (Fsp3) is 0. The number of nitro benzene ring substituents is 1. The molecule has 1 aromatic carbocycles. The van der Waals surface area contributed by atoms with E-state index >= 15 is 0 Å². The molecule has 0 atom stereocenters. The standard InChI is InChI=1S/C6H3BClF3NO2/c8-6-2-1-4(12(13)14)3-5(6)7(9,10)11/h1-3H/q-1. The molecule has 3 nitrogen and oxygen atoms in total. The van der Waals surface area contributed by atoms with Crippen LogP contribution < -0.4 is 5.46 Å². The van der Waals surface area contributed by atoms with Crippen molar-refractivity contribution in [3.8, 4) is 0 Å². The van der Waals surface area contributed by atoms with E-state index in [0.29, 0.717) is 6.07 Å². The fourth-order valence-corrected chi connectivity index (χ4v) is 1.14. The number of hydrogen-bond acceptors (Lipinski definition) is 2. The van der Waals surface area contributed by atoms with Gasteiger partial charge >= 0.3 is 6.98 Å². The Bertz CT molecular complexity index is 382. The summed E-state index contributed by atoms with van der Waals surface area (Å²) in [6, 6.07) is 2.22. The van der Waals surface area contributed by atoms with Crippen molar-refractivity contribution in [2.75, 3.05) is 0 Å². The van der Waals surface area contributed by atoms with Gasteiger partial charge in [-0.15, -0.1) is 0 Å². The van der Waals surface area contributed by atoms with Crippen LogP contribution in [0.4, 0.5) is 18.6 Å². The van der Waals surface area contributed by atoms with Gasteiger partial charge in [0.25, 0.3) is 5.69 Å². The van der Waals surface area contributed by atoms with Gasteiger partial charge in [0.15, 0.2) is 0 Å². The third-order valence-corrected chi connectivity index (χ3v) is 1.89. The third-order valence-electron chi connectivity index (χ3n) is 1.54. The molecule has 0 unspecified atom stereocenters. The molecule has 1 rings (SSSR count). The summed E-state index contributed by atoms with van der Waals surface area (Å²) in [4.78, 5) is 9.29. The number of nitrogens with zero attached hydrogens (tertiary/aromatic N) is 1. The number of rotatable bonds is 2. The number of nitro groups is 1. The maximum absolute atomic E-state index is 12.2. The first-order chi connectivity index (χ1) is 6.32. The maximum Gasteiger partial charge on any atom is 0.511 e. The SMILES string of the molecule is O=[N+]([O-])c1ccc(Cl)c([B-](F)(F)F)c1. The zero-order valence-electron chi connectivity index (χ0n) is 6.58. The summed E-state index contributed by atoms with van der Waals surface area (Å²) in [5.41, 5.74) is -1.76. The van der Waals surface area contributed by atoms with Gasteiger partial charge in [0, 0.05) is 11.1 Å². The summed E-state index contributed by atoms with van der Waals surface area (Å²) < 4.78 is 36.7. The van der Waals surface area contributed by atoms with E-state index in [0.717, 1.165) is 12.1 Å². The second kappa shape index (κ2) is 3.49. The van der Waals surface area contributed by atoms with Crippen LogP contribution in [0.5, 0.6) is 0 Å². The summed E-state index contributed by atoms with van der Waals surface area (Å²) in [5, 5.41) is 9.67. The van der Waals surface area contributed by atoms with Crippen molar-refractivity contribution >= 4 is 29.7 Å². The van der Waals surface area contributed by atoms with Gasteiger partial charge in [-0.25, -0.2) is 0 Å². The lowest BCUT2D eigenvalue weighted by Gasteiger charge is -2.15. The van der Waals surface area contributed by atoms with E-state index in [2.05, 4.69) is 0 Å². The molecule has 0 N–H and O–H groups in total. The second-order valence-corrected chi connectivity index (χ2v) is 2.94. The highest BCUT2D eigenvalue weighted by Crippen LogP contribution is 2.20. The van der Waals surface area contributed by atoms with E-state index in [1.54, 1.807) is 0 Å². The first-order valence-corrected chi connectivity index (χ1v) is 3.84. The van der Waals surface area contributed by atoms with Gasteiger partial charge in [0.05, 0.1) is 4.92 Å². The van der Waals surface area contributed by atoms with E-state index in [9.17, 15) is 23.1 Å². The minimum atomic E-state index is -5.31. The van der Waals surface area contributed by atoms with Gasteiger partial charge in [-0.3, -0.25) is 10.1 Å². The van der Waals surface area contributed by atoms with Crippen LogP contribution in [0.1, 0.15) is 0 Å². The van der Waals surface area contributed by atoms with Gasteiger partial charge in [-0.1, -0.05) is 17.1 Å². The Morgan fingerprint density at radius 2 is 1.93 bits per heavy atom. The highest BCUT2D eigenvalue weighted by atomic mass is 35.5. The molecule has 0 aliphatic rings. The Balaban J connectivity index is 3.29. The number of benzene rings is 1. The summed E-state index contributed by atoms with van der Waals surface area (Å²) in [7, 11) is 0. The van der Waals surface area contributed by atoms with Gasteiger partial charge < -0.3 is 12.9 Å². The highest BCUT2D eigenvalue weighted by molar-refractivity contribution is 6.76. The lowest BCUT2D eigenvalue weighted by Crippen LogP contribution is -2.35. The fourth-order valence-electron chi connectivity index (χ4n) is 0.896. The first kappa shape index (κ1) is 10.8. The molecule has 76 valence electrons. The van der Waals surface area contributed by atoms with Crippen LogP contribution in [-0.2, 0) is 0 Å². The molecule has 0 fully saturated rings. The molecule has 0 amide bonds. The summed E-state index contributed by atoms with van der Waals surface area (Å²) in [6.07, 6.45) is 0. The molecule has 1 aromatic rings. The van der Waals surface area contributed by atoms with Crippen molar-refractivity contribution in [1.82, 2.24) is 0 Å². The molecule has 8 heteroatoms. The normalized spacial score (nSPS) is 11.4. The molecule has 0 aliphatic heterocycles. The van der Waals surface area contributed by atoms with Crippen LogP contribution in [0, 0.1) is 10.1 Å². The molecule has 0 saturated heterocycles. The van der Waals surface area contributed by atoms with E-state index < -0.39 is 28.1 Å². The number of hydrogen-bond donors (Lipinski definition) is 0. The van der Waals surface area contributed by atoms with Crippen molar-refractivity contribution in [3.05, 3.63) is 33.3 Å². The molecule has 0 heterocycles. The smallest absolute Gasteiger partial charge is 0.445 e. The summed E-state index contributed by atoms with van der Waals surface area (Å²) >= 11 is 5.26. The molecule has 14 heavy (non-hydrogen) atoms. The topological polar surface area (TPSA) is 43.1 Å². The summed E-state index contributed by atoms with van der Waals surface area (Å²) in [6.45, 7) is -5.31. The van der Waals surface area contributed by atoms with E-state index in [1.807, 2.05) is 0 Å². The average molecular weight is 224 g/mol. The van der Waals surface area contributed by atoms with Gasteiger partial charge in [-0.2, -0.15) is 0 Å². The maximum atomic E-state index is 12.2. The Hall–Kier alpha value is -1.24. The zero-order valence-corrected chi connectivity index (χ0v) is 7.34. The monoisotopic (exact) mass is 224 g/mol. The lowest BCUT2D eigenvalue weighted by atomic mass is 9.80. The van der Waals surface area contributed by atoms with E-state index in [-0.39, 0.29) is 0 Å². The molecule has 0 spiro atoms. The summed E-state index contributed by atoms with van der Waals surface area (Å²) in [5.74, 6) is 0. The molecule has 0 aromatic heterocycles. The molecular weight excluding hydrogens is 221 g/mol. The Labute approximate surface area is 81.7 Å². The van der Waals surface area contributed by atoms with Crippen molar-refractivity contribution in [1.29, 1.82) is 0 Å². The predicted molar refractivity (Wildman–Crippen MR) is 46.8 cm³/mol. The zero-order chi connectivity index (χ0) is 10.9. The van der Waals surface area contributed by atoms with Crippen molar-refractivity contribution in [2.45, 2.75) is 0 Å². The highest BCUT2D eigenvalue weighted by Gasteiger charge is 2.29. The molecular formula is C6H3BClF3NO2-. The van der Waals surface area contributed by atoms with E-state index in [4.69, 9.17) is 11.6 Å². The third kappa shape index (κ3) is 2.17. The minimum absolute atomic E-state index is 0.433. The number of halogens is 4. The van der Waals surface area contributed by atoms with Crippen LogP contribution in [0.2, 0.25) is 5.02 Å². The van der Waals surface area contributed by atoms with Gasteiger partial charge in [0.1, 0.15) is 0 Å². The van der Waals surface area contributed by atoms with Crippen LogP contribution in [0.25, 0.3) is 0 Å². The van der Waals surface area contributed by atoms with Crippen LogP contribution in [-0.4, -0.2) is 11.9 Å². The Kier molecular flexibility index (Phi) is 2.70. The van der Waals surface area contributed by atoms with Crippen molar-refractivity contribution in [3.63, 3.8) is 0 Å². The Morgan fingerprint density at radius 1 is 1.36 bits per heavy atom. The average Bonchev–Trinajstić information content (AvgIpc) is 2.02. The predicted octanol–water partition coefficient (Wildman–Crippen LogP) is 2.30. The van der Waals surface area contributed by atoms with Crippen LogP contribution in [0.3, 0.4) is 0 Å². The van der Waals surface area contributed by atoms with Crippen molar-refractivity contribution in [2.24, 2.45) is 0 Å². The number of non-ortho nitro benzene ring substituents is 1. The lowest BCUT2D eigenvalue weighted by molar-refractivity contribution is -0.384. The quantitative estimate of drug-likeness (QED) is 0.439. The molecule has 0 saturated carbocycles. The van der Waals surface area contributed by atoms with Crippen LogP contribution >= 0.6 is 11.6 Å².